The first-order valence-corrected chi connectivity index (χ1v) is 17.5. The van der Waals surface area contributed by atoms with Crippen LogP contribution in [0.15, 0.2) is 12.5 Å². The summed E-state index contributed by atoms with van der Waals surface area (Å²) in [7, 11) is 0. The number of guanidine groups is 1. The number of likely N-dealkylation sites (tertiary alicyclic amines) is 1. The number of carbonyl (C=O) groups excluding carboxylic acids is 5. The zero-order valence-corrected chi connectivity index (χ0v) is 29.7. The summed E-state index contributed by atoms with van der Waals surface area (Å²) >= 11 is 0. The van der Waals surface area contributed by atoms with Gasteiger partial charge in [0.1, 0.15) is 30.2 Å². The predicted octanol–water partition coefficient (Wildman–Crippen LogP) is -2.25. The highest BCUT2D eigenvalue weighted by atomic mass is 16.4. The largest absolute Gasteiger partial charge is 0.480 e. The molecule has 1 saturated heterocycles. The van der Waals surface area contributed by atoms with Crippen LogP contribution in [-0.2, 0) is 35.2 Å². The van der Waals surface area contributed by atoms with E-state index < -0.39 is 71.8 Å². The molecule has 1 aliphatic heterocycles. The van der Waals surface area contributed by atoms with Crippen molar-refractivity contribution in [1.29, 1.82) is 5.41 Å². The lowest BCUT2D eigenvalue weighted by atomic mass is 9.96. The number of hydrogen-bond donors (Lipinski definition) is 11. The number of aromatic amines is 1. The summed E-state index contributed by atoms with van der Waals surface area (Å²) in [6.07, 6.45) is 6.35. The molecule has 0 saturated carbocycles. The van der Waals surface area contributed by atoms with Gasteiger partial charge in [-0.2, -0.15) is 0 Å². The van der Waals surface area contributed by atoms with Crippen molar-refractivity contribution in [2.24, 2.45) is 23.1 Å². The number of carboxylic acid groups (broad SMARTS) is 1. The Morgan fingerprint density at radius 3 is 2.31 bits per heavy atom. The molecule has 51 heavy (non-hydrogen) atoms. The fraction of sp³-hybridized carbons (Fsp3) is 0.688. The van der Waals surface area contributed by atoms with Gasteiger partial charge in [-0.05, 0) is 57.9 Å². The van der Waals surface area contributed by atoms with Crippen molar-refractivity contribution < 1.29 is 33.9 Å². The first kappa shape index (κ1) is 42.4. The van der Waals surface area contributed by atoms with Gasteiger partial charge in [0, 0.05) is 25.7 Å². The Morgan fingerprint density at radius 2 is 1.71 bits per heavy atom. The van der Waals surface area contributed by atoms with Crippen LogP contribution < -0.4 is 43.8 Å². The molecule has 19 nitrogen and oxygen atoms in total. The Balaban J connectivity index is 2.20. The Labute approximate surface area is 297 Å². The normalized spacial score (nSPS) is 17.6. The molecule has 1 aromatic rings. The molecule has 7 atom stereocenters. The van der Waals surface area contributed by atoms with E-state index in [1.165, 1.54) is 18.2 Å². The minimum atomic E-state index is -1.19. The van der Waals surface area contributed by atoms with Crippen molar-refractivity contribution >= 4 is 41.5 Å². The molecule has 0 spiro atoms. The van der Waals surface area contributed by atoms with Crippen LogP contribution in [0.3, 0.4) is 0 Å². The highest BCUT2D eigenvalue weighted by Crippen LogP contribution is 2.19. The number of aliphatic carboxylic acids is 1. The van der Waals surface area contributed by atoms with Crippen LogP contribution in [0.25, 0.3) is 0 Å². The number of nitrogens with zero attached hydrogens (tertiary/aromatic N) is 2. The number of unbranched alkanes of at least 4 members (excludes halogenated alkanes) is 1. The van der Waals surface area contributed by atoms with E-state index in [1.807, 2.05) is 6.92 Å². The van der Waals surface area contributed by atoms with Crippen LogP contribution in [0.4, 0.5) is 0 Å². The van der Waals surface area contributed by atoms with Crippen molar-refractivity contribution in [1.82, 2.24) is 41.5 Å². The molecule has 19 heteroatoms. The molecular formula is C32H56N12O7. The standard InChI is InChI=1S/C32H56N12O7/c1-4-18(2)25(43-27(46)21(34)9-5-6-12-33)29(48)41-22(10-7-13-38-32(35)36)28(47)40-19(3)26(45)42-23(15-20-16-37-17-39-20)30(49)44-14-8-11-24(44)31(50)51/h16-19,21-25H,4-15,33-34H2,1-3H3,(H,37,39)(H,40,47)(H,41,48)(H,42,45)(H,43,46)(H,50,51)(H4,35,36,38)/t18-,19-,21-,22-,23-,24-,25-/m0/s1. The van der Waals surface area contributed by atoms with E-state index in [4.69, 9.17) is 22.6 Å². The molecule has 1 fully saturated rings. The minimum absolute atomic E-state index is 0.0290. The van der Waals surface area contributed by atoms with E-state index in [0.717, 1.165) is 0 Å². The number of nitrogens with two attached hydrogens (primary N) is 3. The van der Waals surface area contributed by atoms with Crippen LogP contribution in [-0.4, -0.2) is 117 Å². The molecule has 2 rings (SSSR count). The zero-order valence-electron chi connectivity index (χ0n) is 29.7. The zero-order chi connectivity index (χ0) is 38.1. The van der Waals surface area contributed by atoms with Gasteiger partial charge in [0.15, 0.2) is 5.96 Å². The summed E-state index contributed by atoms with van der Waals surface area (Å²) in [5.74, 6) is -4.87. The molecule has 0 bridgehead atoms. The maximum absolute atomic E-state index is 13.6. The summed E-state index contributed by atoms with van der Waals surface area (Å²) in [5, 5.41) is 30.3. The molecule has 1 aromatic heterocycles. The average molecular weight is 721 g/mol. The Hall–Kier alpha value is -4.78. The van der Waals surface area contributed by atoms with Gasteiger partial charge in [0.05, 0.1) is 18.1 Å². The minimum Gasteiger partial charge on any atom is -0.480 e. The number of rotatable bonds is 22. The highest BCUT2D eigenvalue weighted by molar-refractivity contribution is 5.96. The van der Waals surface area contributed by atoms with Gasteiger partial charge in [0.2, 0.25) is 29.5 Å². The van der Waals surface area contributed by atoms with E-state index >= 15 is 0 Å². The van der Waals surface area contributed by atoms with E-state index in [2.05, 4.69) is 36.6 Å². The average Bonchev–Trinajstić information content (AvgIpc) is 3.80. The quantitative estimate of drug-likeness (QED) is 0.0344. The number of hydrogen-bond acceptors (Lipinski definition) is 10. The van der Waals surface area contributed by atoms with Gasteiger partial charge in [-0.1, -0.05) is 26.7 Å². The number of imidazole rings is 1. The number of H-pyrrole nitrogens is 1. The van der Waals surface area contributed by atoms with Crippen LogP contribution in [0.2, 0.25) is 0 Å². The Bertz CT molecular complexity index is 1330. The molecule has 0 unspecified atom stereocenters. The summed E-state index contributed by atoms with van der Waals surface area (Å²) in [4.78, 5) is 86.9. The van der Waals surface area contributed by atoms with Crippen LogP contribution >= 0.6 is 0 Å². The maximum Gasteiger partial charge on any atom is 0.326 e. The van der Waals surface area contributed by atoms with Gasteiger partial charge in [0.25, 0.3) is 0 Å². The summed E-state index contributed by atoms with van der Waals surface area (Å²) in [6.45, 7) is 5.94. The van der Waals surface area contributed by atoms with Crippen molar-refractivity contribution in [3.63, 3.8) is 0 Å². The Kier molecular flexibility index (Phi) is 17.8. The van der Waals surface area contributed by atoms with Gasteiger partial charge >= 0.3 is 5.97 Å². The van der Waals surface area contributed by atoms with Gasteiger partial charge < -0.3 is 58.8 Å². The first-order valence-electron chi connectivity index (χ1n) is 17.5. The third-order valence-electron chi connectivity index (χ3n) is 8.87. The molecule has 0 aromatic carbocycles. The lowest BCUT2D eigenvalue weighted by Gasteiger charge is -2.29. The van der Waals surface area contributed by atoms with E-state index in [0.29, 0.717) is 50.8 Å². The number of aromatic nitrogens is 2. The van der Waals surface area contributed by atoms with Crippen LogP contribution in [0, 0.1) is 11.3 Å². The molecule has 14 N–H and O–H groups in total. The second-order valence-electron chi connectivity index (χ2n) is 12.9. The summed E-state index contributed by atoms with van der Waals surface area (Å²) in [6, 6.07) is -6.40. The summed E-state index contributed by atoms with van der Waals surface area (Å²) < 4.78 is 0. The second kappa shape index (κ2) is 21.4. The molecule has 1 aliphatic rings. The van der Waals surface area contributed by atoms with Gasteiger partial charge in [-0.3, -0.25) is 29.4 Å². The van der Waals surface area contributed by atoms with Crippen LogP contribution in [0.1, 0.15) is 77.8 Å². The number of nitrogens with one attached hydrogen (secondary N) is 7. The summed E-state index contributed by atoms with van der Waals surface area (Å²) in [5.41, 5.74) is 17.4. The first-order chi connectivity index (χ1) is 24.2. The van der Waals surface area contributed by atoms with Gasteiger partial charge in [-0.25, -0.2) is 9.78 Å². The number of carboxylic acids is 1. The molecule has 5 amide bonds. The predicted molar refractivity (Wildman–Crippen MR) is 188 cm³/mol. The van der Waals surface area contributed by atoms with Crippen molar-refractivity contribution in [2.45, 2.75) is 115 Å². The lowest BCUT2D eigenvalue weighted by Crippen LogP contribution is -2.59. The van der Waals surface area contributed by atoms with E-state index in [-0.39, 0.29) is 44.2 Å². The SMILES string of the molecule is CC[C@H](C)[C@H](NC(=O)[C@@H](N)CCCCN)C(=O)N[C@@H](CCCNC(=N)N)C(=O)N[C@@H](C)C(=O)N[C@@H](Cc1c[nH]cn1)C(=O)N1CCC[C@H]1C(=O)O. The topological polar surface area (TPSA) is 317 Å². The number of amides is 5. The van der Waals surface area contributed by atoms with Gasteiger partial charge in [-0.15, -0.1) is 0 Å². The second-order valence-corrected chi connectivity index (χ2v) is 12.9. The Morgan fingerprint density at radius 1 is 1.00 bits per heavy atom. The third-order valence-corrected chi connectivity index (χ3v) is 8.87. The molecule has 2 heterocycles. The fourth-order valence-electron chi connectivity index (χ4n) is 5.64. The van der Waals surface area contributed by atoms with E-state index in [9.17, 15) is 33.9 Å². The van der Waals surface area contributed by atoms with E-state index in [1.54, 1.807) is 13.1 Å². The molecule has 286 valence electrons. The third kappa shape index (κ3) is 13.8. The van der Waals surface area contributed by atoms with Crippen molar-refractivity contribution in [2.75, 3.05) is 19.6 Å². The monoisotopic (exact) mass is 720 g/mol. The highest BCUT2D eigenvalue weighted by Gasteiger charge is 2.39. The van der Waals surface area contributed by atoms with Crippen molar-refractivity contribution in [3.05, 3.63) is 18.2 Å². The smallest absolute Gasteiger partial charge is 0.326 e. The molecule has 0 aliphatic carbocycles. The molecule has 0 radical (unpaired) electrons. The maximum atomic E-state index is 13.6. The lowest BCUT2D eigenvalue weighted by molar-refractivity contribution is -0.149. The number of carbonyl (C=O) groups is 6. The van der Waals surface area contributed by atoms with Crippen molar-refractivity contribution in [3.8, 4) is 0 Å². The fourth-order valence-corrected chi connectivity index (χ4v) is 5.64. The van der Waals surface area contributed by atoms with Crippen LogP contribution in [0.5, 0.6) is 0 Å². The molecular weight excluding hydrogens is 664 g/mol.